The number of aromatic nitrogens is 5. The Labute approximate surface area is 142 Å². The van der Waals surface area contributed by atoms with Gasteiger partial charge in [0.15, 0.2) is 22.5 Å². The zero-order valence-corrected chi connectivity index (χ0v) is 14.4. The van der Waals surface area contributed by atoms with Gasteiger partial charge in [-0.2, -0.15) is 19.5 Å². The van der Waals surface area contributed by atoms with Crippen LogP contribution in [0.2, 0.25) is 0 Å². The van der Waals surface area contributed by atoms with Crippen LogP contribution in [0.25, 0.3) is 17.2 Å². The lowest BCUT2D eigenvalue weighted by atomic mass is 10.1. The van der Waals surface area contributed by atoms with Crippen molar-refractivity contribution in [1.82, 2.24) is 24.6 Å². The minimum absolute atomic E-state index is 0.218. The lowest BCUT2D eigenvalue weighted by Gasteiger charge is -2.12. The van der Waals surface area contributed by atoms with Crippen LogP contribution < -0.4 is 19.9 Å². The molecule has 2 aromatic heterocycles. The van der Waals surface area contributed by atoms with E-state index in [-0.39, 0.29) is 5.95 Å². The smallest absolute Gasteiger partial charge is 0.258 e. The van der Waals surface area contributed by atoms with Crippen molar-refractivity contribution >= 4 is 23.5 Å². The Morgan fingerprint density at radius 2 is 1.67 bits per heavy atom. The van der Waals surface area contributed by atoms with Crippen LogP contribution in [0.15, 0.2) is 17.3 Å². The van der Waals surface area contributed by atoms with Gasteiger partial charge in [-0.05, 0) is 18.4 Å². The molecule has 0 unspecified atom stereocenters. The van der Waals surface area contributed by atoms with Gasteiger partial charge in [-0.3, -0.25) is 0 Å². The molecule has 3 aromatic rings. The number of nitrogens with two attached hydrogens (primary N) is 1. The third-order valence-corrected chi connectivity index (χ3v) is 3.87. The second-order valence-corrected chi connectivity index (χ2v) is 5.40. The van der Waals surface area contributed by atoms with E-state index in [0.29, 0.717) is 39.6 Å². The maximum atomic E-state index is 5.91. The molecule has 0 radical (unpaired) electrons. The van der Waals surface area contributed by atoms with E-state index in [4.69, 9.17) is 19.9 Å². The average Bonchev–Trinajstić information content (AvgIpc) is 3.04. The fraction of sp³-hybridized carbons (Fsp3) is 0.286. The Hall–Kier alpha value is -2.75. The maximum absolute atomic E-state index is 5.91. The van der Waals surface area contributed by atoms with Gasteiger partial charge < -0.3 is 19.9 Å². The summed E-state index contributed by atoms with van der Waals surface area (Å²) >= 11 is 1.38. The highest BCUT2D eigenvalue weighted by Crippen LogP contribution is 2.40. The third kappa shape index (κ3) is 2.64. The van der Waals surface area contributed by atoms with Gasteiger partial charge in [-0.15, -0.1) is 5.10 Å². The fourth-order valence-electron chi connectivity index (χ4n) is 2.21. The average molecular weight is 348 g/mol. The van der Waals surface area contributed by atoms with E-state index in [2.05, 4.69) is 20.1 Å². The number of anilines is 1. The number of thioether (sulfide) groups is 1. The molecule has 126 valence electrons. The Morgan fingerprint density at radius 3 is 2.21 bits per heavy atom. The molecule has 0 aliphatic carbocycles. The molecular formula is C14H16N6O3S. The van der Waals surface area contributed by atoms with Crippen LogP contribution in [-0.4, -0.2) is 52.2 Å². The van der Waals surface area contributed by atoms with Gasteiger partial charge >= 0.3 is 0 Å². The zero-order valence-electron chi connectivity index (χ0n) is 13.6. The predicted octanol–water partition coefficient (Wildman–Crippen LogP) is 1.52. The first kappa shape index (κ1) is 16.1. The molecule has 0 saturated heterocycles. The van der Waals surface area contributed by atoms with E-state index in [0.717, 1.165) is 0 Å². The topological polar surface area (TPSA) is 110 Å². The van der Waals surface area contributed by atoms with E-state index in [9.17, 15) is 0 Å². The Morgan fingerprint density at radius 1 is 1.00 bits per heavy atom. The maximum Gasteiger partial charge on any atom is 0.258 e. The summed E-state index contributed by atoms with van der Waals surface area (Å²) in [5.41, 5.74) is 6.59. The number of hydrogen-bond acceptors (Lipinski definition) is 9. The molecule has 1 aromatic carbocycles. The SMILES string of the molecule is COc1cc(-c2nc3nc(SC)nc(N)n3n2)cc(OC)c1OC. The number of rotatable bonds is 5. The Balaban J connectivity index is 2.18. The number of hydrogen-bond donors (Lipinski definition) is 1. The largest absolute Gasteiger partial charge is 0.493 e. The number of fused-ring (bicyclic) bond motifs is 1. The molecule has 10 heteroatoms. The van der Waals surface area contributed by atoms with Crippen molar-refractivity contribution in [3.05, 3.63) is 12.1 Å². The summed E-state index contributed by atoms with van der Waals surface area (Å²) in [5.74, 6) is 2.53. The van der Waals surface area contributed by atoms with Gasteiger partial charge in [0.1, 0.15) is 0 Å². The van der Waals surface area contributed by atoms with E-state index < -0.39 is 0 Å². The highest BCUT2D eigenvalue weighted by molar-refractivity contribution is 7.98. The van der Waals surface area contributed by atoms with Gasteiger partial charge in [0.2, 0.25) is 11.7 Å². The van der Waals surface area contributed by atoms with Crippen LogP contribution in [-0.2, 0) is 0 Å². The third-order valence-electron chi connectivity index (χ3n) is 3.32. The molecule has 9 nitrogen and oxygen atoms in total. The summed E-state index contributed by atoms with van der Waals surface area (Å²) < 4.78 is 17.4. The minimum atomic E-state index is 0.218. The lowest BCUT2D eigenvalue weighted by molar-refractivity contribution is 0.324. The van der Waals surface area contributed by atoms with E-state index >= 15 is 0 Å². The summed E-state index contributed by atoms with van der Waals surface area (Å²) in [6.45, 7) is 0. The van der Waals surface area contributed by atoms with Crippen molar-refractivity contribution in [3.8, 4) is 28.6 Å². The van der Waals surface area contributed by atoms with Gasteiger partial charge in [-0.1, -0.05) is 11.8 Å². The number of benzene rings is 1. The number of nitrogen functional groups attached to an aromatic ring is 1. The predicted molar refractivity (Wildman–Crippen MR) is 89.9 cm³/mol. The zero-order chi connectivity index (χ0) is 17.3. The first-order valence-electron chi connectivity index (χ1n) is 6.86. The summed E-state index contributed by atoms with van der Waals surface area (Å²) in [5, 5.41) is 4.89. The molecule has 0 fully saturated rings. The summed E-state index contributed by atoms with van der Waals surface area (Å²) in [7, 11) is 4.64. The summed E-state index contributed by atoms with van der Waals surface area (Å²) in [6.07, 6.45) is 1.86. The molecule has 0 aliphatic rings. The Bertz CT molecular complexity index is 873. The molecule has 0 amide bonds. The quantitative estimate of drug-likeness (QED) is 0.686. The summed E-state index contributed by atoms with van der Waals surface area (Å²) in [4.78, 5) is 12.9. The van der Waals surface area contributed by atoms with Crippen molar-refractivity contribution in [1.29, 1.82) is 0 Å². The second kappa shape index (κ2) is 6.40. The highest BCUT2D eigenvalue weighted by Gasteiger charge is 2.18. The minimum Gasteiger partial charge on any atom is -0.493 e. The molecule has 2 heterocycles. The van der Waals surface area contributed by atoms with Crippen LogP contribution >= 0.6 is 11.8 Å². The highest BCUT2D eigenvalue weighted by atomic mass is 32.2. The molecule has 0 spiro atoms. The van der Waals surface area contributed by atoms with E-state index in [1.807, 2.05) is 6.26 Å². The molecule has 0 saturated carbocycles. The van der Waals surface area contributed by atoms with Crippen molar-refractivity contribution in [2.75, 3.05) is 33.3 Å². The monoisotopic (exact) mass is 348 g/mol. The first-order valence-corrected chi connectivity index (χ1v) is 8.08. The van der Waals surface area contributed by atoms with Crippen LogP contribution in [0, 0.1) is 0 Å². The molecule has 0 aliphatic heterocycles. The molecule has 0 bridgehead atoms. The first-order chi connectivity index (χ1) is 11.6. The molecule has 0 atom stereocenters. The number of ether oxygens (including phenoxy) is 3. The molecule has 3 rings (SSSR count). The lowest BCUT2D eigenvalue weighted by Crippen LogP contribution is -2.04. The second-order valence-electron chi connectivity index (χ2n) is 4.63. The fourth-order valence-corrected chi connectivity index (χ4v) is 2.57. The summed E-state index contributed by atoms with van der Waals surface area (Å²) in [6, 6.07) is 3.52. The van der Waals surface area contributed by atoms with Gasteiger partial charge in [0.05, 0.1) is 21.3 Å². The van der Waals surface area contributed by atoms with Crippen molar-refractivity contribution in [2.45, 2.75) is 5.16 Å². The molecule has 24 heavy (non-hydrogen) atoms. The van der Waals surface area contributed by atoms with Crippen molar-refractivity contribution in [3.63, 3.8) is 0 Å². The van der Waals surface area contributed by atoms with Crippen molar-refractivity contribution < 1.29 is 14.2 Å². The normalized spacial score (nSPS) is 10.8. The van der Waals surface area contributed by atoms with E-state index in [1.54, 1.807) is 33.5 Å². The van der Waals surface area contributed by atoms with Gasteiger partial charge in [0.25, 0.3) is 5.78 Å². The van der Waals surface area contributed by atoms with Crippen LogP contribution in [0.4, 0.5) is 5.95 Å². The van der Waals surface area contributed by atoms with Crippen LogP contribution in [0.1, 0.15) is 0 Å². The molecule has 2 N–H and O–H groups in total. The molecular weight excluding hydrogens is 332 g/mol. The standard InChI is InChI=1S/C14H16N6O3S/c1-21-8-5-7(6-9(22-2)10(8)23-3)11-16-13-18-14(24-4)17-12(15)20(13)19-11/h5-6H,1-4H3,(H2,15,16,17,18,19). The Kier molecular flexibility index (Phi) is 4.30. The van der Waals surface area contributed by atoms with Crippen LogP contribution in [0.5, 0.6) is 17.2 Å². The van der Waals surface area contributed by atoms with Crippen molar-refractivity contribution in [2.24, 2.45) is 0 Å². The van der Waals surface area contributed by atoms with Gasteiger partial charge in [0, 0.05) is 5.56 Å². The van der Waals surface area contributed by atoms with Gasteiger partial charge in [-0.25, -0.2) is 0 Å². The van der Waals surface area contributed by atoms with E-state index in [1.165, 1.54) is 16.3 Å². The number of nitrogens with zero attached hydrogens (tertiary/aromatic N) is 5. The number of methoxy groups -OCH3 is 3. The van der Waals surface area contributed by atoms with Crippen LogP contribution in [0.3, 0.4) is 0 Å².